The second kappa shape index (κ2) is 4.45. The number of fused-ring (bicyclic) bond motifs is 1. The number of carbonyl (C=O) groups excluding carboxylic acids is 1. The zero-order valence-corrected chi connectivity index (χ0v) is 11.8. The molecule has 0 N–H and O–H groups in total. The van der Waals surface area contributed by atoms with E-state index in [1.807, 2.05) is 26.2 Å². The standard InChI is InChI=1S/C14H20O2S/c1-9-6-5-7-11-12(9)10(8-17-11)13(15)16-14(2,3)4/h8-9H,5-7H2,1-4H3. The van der Waals surface area contributed by atoms with Crippen LogP contribution in [0, 0.1) is 0 Å². The number of carbonyl (C=O) groups is 1. The van der Waals surface area contributed by atoms with Crippen LogP contribution in [0.2, 0.25) is 0 Å². The molecule has 0 amide bonds. The molecule has 0 bridgehead atoms. The molecule has 0 saturated carbocycles. The highest BCUT2D eigenvalue weighted by molar-refractivity contribution is 7.10. The third-order valence-corrected chi connectivity index (χ3v) is 4.12. The Morgan fingerprint density at radius 1 is 1.47 bits per heavy atom. The molecule has 1 aliphatic carbocycles. The molecule has 17 heavy (non-hydrogen) atoms. The lowest BCUT2D eigenvalue weighted by Crippen LogP contribution is -2.24. The predicted molar refractivity (Wildman–Crippen MR) is 70.8 cm³/mol. The number of ether oxygens (including phenoxy) is 1. The highest BCUT2D eigenvalue weighted by Gasteiger charge is 2.27. The van der Waals surface area contributed by atoms with Gasteiger partial charge in [-0.2, -0.15) is 0 Å². The number of hydrogen-bond donors (Lipinski definition) is 0. The fourth-order valence-corrected chi connectivity index (χ4v) is 3.53. The van der Waals surface area contributed by atoms with Gasteiger partial charge in [0.2, 0.25) is 0 Å². The summed E-state index contributed by atoms with van der Waals surface area (Å²) in [6.45, 7) is 7.94. The van der Waals surface area contributed by atoms with E-state index < -0.39 is 5.60 Å². The van der Waals surface area contributed by atoms with Crippen molar-refractivity contribution < 1.29 is 9.53 Å². The first kappa shape index (κ1) is 12.6. The predicted octanol–water partition coefficient (Wildman–Crippen LogP) is 4.14. The number of thiophene rings is 1. The minimum absolute atomic E-state index is 0.163. The van der Waals surface area contributed by atoms with E-state index in [-0.39, 0.29) is 5.97 Å². The van der Waals surface area contributed by atoms with Gasteiger partial charge in [0.25, 0.3) is 0 Å². The smallest absolute Gasteiger partial charge is 0.339 e. The van der Waals surface area contributed by atoms with Crippen LogP contribution in [-0.4, -0.2) is 11.6 Å². The van der Waals surface area contributed by atoms with Crippen LogP contribution in [0.1, 0.15) is 67.3 Å². The minimum atomic E-state index is -0.413. The van der Waals surface area contributed by atoms with E-state index in [0.717, 1.165) is 12.0 Å². The fraction of sp³-hybridized carbons (Fsp3) is 0.643. The van der Waals surface area contributed by atoms with Gasteiger partial charge in [-0.1, -0.05) is 6.92 Å². The van der Waals surface area contributed by atoms with Crippen molar-refractivity contribution in [3.05, 3.63) is 21.4 Å². The third kappa shape index (κ3) is 2.71. The molecule has 0 aromatic carbocycles. The largest absolute Gasteiger partial charge is 0.456 e. The van der Waals surface area contributed by atoms with Gasteiger partial charge < -0.3 is 4.74 Å². The molecule has 3 heteroatoms. The lowest BCUT2D eigenvalue weighted by Gasteiger charge is -2.23. The molecule has 94 valence electrons. The molecule has 0 spiro atoms. The molecule has 0 radical (unpaired) electrons. The molecular formula is C14H20O2S. The highest BCUT2D eigenvalue weighted by Crippen LogP contribution is 2.38. The van der Waals surface area contributed by atoms with E-state index in [1.54, 1.807) is 11.3 Å². The molecule has 1 heterocycles. The third-order valence-electron chi connectivity index (χ3n) is 3.06. The number of hydrogen-bond acceptors (Lipinski definition) is 3. The Morgan fingerprint density at radius 3 is 2.82 bits per heavy atom. The molecule has 2 nitrogen and oxygen atoms in total. The SMILES string of the molecule is CC1CCCc2scc(C(=O)OC(C)(C)C)c21. The van der Waals surface area contributed by atoms with Crippen molar-refractivity contribution in [1.82, 2.24) is 0 Å². The van der Waals surface area contributed by atoms with Crippen molar-refractivity contribution in [2.75, 3.05) is 0 Å². The summed E-state index contributed by atoms with van der Waals surface area (Å²) in [6, 6.07) is 0. The van der Waals surface area contributed by atoms with Crippen molar-refractivity contribution >= 4 is 17.3 Å². The van der Waals surface area contributed by atoms with Crippen LogP contribution < -0.4 is 0 Å². The van der Waals surface area contributed by atoms with Gasteiger partial charge in [-0.3, -0.25) is 0 Å². The van der Waals surface area contributed by atoms with Crippen LogP contribution in [0.25, 0.3) is 0 Å². The Morgan fingerprint density at radius 2 is 2.18 bits per heavy atom. The summed E-state index contributed by atoms with van der Waals surface area (Å²) >= 11 is 1.71. The number of esters is 1. The van der Waals surface area contributed by atoms with E-state index in [4.69, 9.17) is 4.74 Å². The van der Waals surface area contributed by atoms with Gasteiger partial charge in [0, 0.05) is 10.3 Å². The molecule has 1 unspecified atom stereocenters. The Balaban J connectivity index is 2.28. The van der Waals surface area contributed by atoms with E-state index in [1.165, 1.54) is 23.3 Å². The average molecular weight is 252 g/mol. The lowest BCUT2D eigenvalue weighted by atomic mass is 9.87. The normalized spacial score (nSPS) is 19.9. The zero-order chi connectivity index (χ0) is 12.6. The van der Waals surface area contributed by atoms with Crippen molar-refractivity contribution in [3.8, 4) is 0 Å². The first-order valence-electron chi connectivity index (χ1n) is 6.22. The van der Waals surface area contributed by atoms with Gasteiger partial charge in [0.05, 0.1) is 5.56 Å². The summed E-state index contributed by atoms with van der Waals surface area (Å²) in [5, 5.41) is 1.97. The minimum Gasteiger partial charge on any atom is -0.456 e. The molecule has 0 fully saturated rings. The van der Waals surface area contributed by atoms with Gasteiger partial charge >= 0.3 is 5.97 Å². The van der Waals surface area contributed by atoms with Gasteiger partial charge in [-0.25, -0.2) is 4.79 Å². The molecule has 2 rings (SSSR count). The quantitative estimate of drug-likeness (QED) is 0.702. The maximum absolute atomic E-state index is 12.1. The second-order valence-corrected chi connectivity index (χ2v) is 6.75. The van der Waals surface area contributed by atoms with E-state index in [0.29, 0.717) is 5.92 Å². The molecule has 1 aromatic heterocycles. The van der Waals surface area contributed by atoms with Gasteiger partial charge in [-0.15, -0.1) is 11.3 Å². The monoisotopic (exact) mass is 252 g/mol. The summed E-state index contributed by atoms with van der Waals surface area (Å²) in [5.74, 6) is 0.330. The average Bonchev–Trinajstić information content (AvgIpc) is 2.60. The Labute approximate surface area is 107 Å². The van der Waals surface area contributed by atoms with E-state index in [9.17, 15) is 4.79 Å². The van der Waals surface area contributed by atoms with Crippen molar-refractivity contribution in [1.29, 1.82) is 0 Å². The topological polar surface area (TPSA) is 26.3 Å². The van der Waals surface area contributed by atoms with Crippen LogP contribution in [0.4, 0.5) is 0 Å². The molecular weight excluding hydrogens is 232 g/mol. The lowest BCUT2D eigenvalue weighted by molar-refractivity contribution is 0.00682. The highest BCUT2D eigenvalue weighted by atomic mass is 32.1. The van der Waals surface area contributed by atoms with Crippen molar-refractivity contribution in [3.63, 3.8) is 0 Å². The first-order chi connectivity index (χ1) is 7.88. The van der Waals surface area contributed by atoms with E-state index >= 15 is 0 Å². The number of aryl methyl sites for hydroxylation is 1. The van der Waals surface area contributed by atoms with Gasteiger partial charge in [-0.05, 0) is 51.5 Å². The maximum Gasteiger partial charge on any atom is 0.339 e. The van der Waals surface area contributed by atoms with Crippen molar-refractivity contribution in [2.45, 2.75) is 58.5 Å². The Kier molecular flexibility index (Phi) is 3.30. The van der Waals surface area contributed by atoms with Crippen molar-refractivity contribution in [2.24, 2.45) is 0 Å². The summed E-state index contributed by atoms with van der Waals surface area (Å²) in [6.07, 6.45) is 3.54. The summed E-state index contributed by atoms with van der Waals surface area (Å²) in [5.41, 5.74) is 1.63. The molecule has 0 aliphatic heterocycles. The number of rotatable bonds is 1. The van der Waals surface area contributed by atoms with Crippen LogP contribution in [0.5, 0.6) is 0 Å². The molecule has 1 atom stereocenters. The Hall–Kier alpha value is -0.830. The summed E-state index contributed by atoms with van der Waals surface area (Å²) in [4.78, 5) is 13.5. The Bertz CT molecular complexity index is 426. The molecule has 1 aliphatic rings. The summed E-state index contributed by atoms with van der Waals surface area (Å²) in [7, 11) is 0. The second-order valence-electron chi connectivity index (χ2n) is 5.78. The molecule has 1 aromatic rings. The van der Waals surface area contributed by atoms with Crippen LogP contribution in [0.3, 0.4) is 0 Å². The maximum atomic E-state index is 12.1. The molecule has 0 saturated heterocycles. The van der Waals surface area contributed by atoms with Gasteiger partial charge in [0.15, 0.2) is 0 Å². The van der Waals surface area contributed by atoms with Crippen LogP contribution >= 0.6 is 11.3 Å². The fourth-order valence-electron chi connectivity index (χ4n) is 2.35. The van der Waals surface area contributed by atoms with Crippen LogP contribution in [-0.2, 0) is 11.2 Å². The first-order valence-corrected chi connectivity index (χ1v) is 7.10. The van der Waals surface area contributed by atoms with E-state index in [2.05, 4.69) is 6.92 Å². The summed E-state index contributed by atoms with van der Waals surface area (Å²) < 4.78 is 5.46. The van der Waals surface area contributed by atoms with Gasteiger partial charge in [0.1, 0.15) is 5.60 Å². The van der Waals surface area contributed by atoms with Crippen LogP contribution in [0.15, 0.2) is 5.38 Å². The zero-order valence-electron chi connectivity index (χ0n) is 11.0.